The van der Waals surface area contributed by atoms with Crippen LogP contribution in [0.3, 0.4) is 0 Å². The predicted molar refractivity (Wildman–Crippen MR) is 93.0 cm³/mol. The summed E-state index contributed by atoms with van der Waals surface area (Å²) in [6.45, 7) is 2.28. The van der Waals surface area contributed by atoms with Crippen LogP contribution in [0.2, 0.25) is 0 Å². The van der Waals surface area contributed by atoms with E-state index in [-0.39, 0.29) is 0 Å². The van der Waals surface area contributed by atoms with Crippen LogP contribution in [0.4, 0.5) is 0 Å². The minimum Gasteiger partial charge on any atom is -0.369 e. The maximum Gasteiger partial charge on any atom is 0.176 e. The molecule has 2 atom stereocenters. The second-order valence-corrected chi connectivity index (χ2v) is 6.46. The van der Waals surface area contributed by atoms with Crippen LogP contribution >= 0.6 is 0 Å². The summed E-state index contributed by atoms with van der Waals surface area (Å²) in [5.41, 5.74) is 0.416. The third-order valence-electron chi connectivity index (χ3n) is 4.59. The smallest absolute Gasteiger partial charge is 0.176 e. The Labute approximate surface area is 138 Å². The summed E-state index contributed by atoms with van der Waals surface area (Å²) in [6.07, 6.45) is 2.34. The fourth-order valence-electron chi connectivity index (χ4n) is 3.27. The topological polar surface area (TPSA) is 24.7 Å². The molecule has 1 heterocycles. The van der Waals surface area contributed by atoms with Crippen molar-refractivity contribution in [1.82, 2.24) is 0 Å². The van der Waals surface area contributed by atoms with Crippen LogP contribution in [0.15, 0.2) is 60.7 Å². The largest absolute Gasteiger partial charge is 0.369 e. The highest BCUT2D eigenvalue weighted by Gasteiger charge is 2.29. The Morgan fingerprint density at radius 3 is 2.09 bits per heavy atom. The molecule has 0 aromatic heterocycles. The standard InChI is InChI=1S/C21H23NO/c1-22-16-8-9-18(17-22)14-15-21(23,19-10-4-2-5-11-19)20-12-6-3-7-13-20/h2-7,10-13,18,23H,8-9,16-17H2,1H3/p+1/t18-/m1/s1. The molecule has 2 N–H and O–H groups in total. The summed E-state index contributed by atoms with van der Waals surface area (Å²) in [5.74, 6) is 6.94. The first-order valence-corrected chi connectivity index (χ1v) is 8.36. The van der Waals surface area contributed by atoms with Crippen molar-refractivity contribution >= 4 is 0 Å². The third kappa shape index (κ3) is 3.64. The molecule has 1 fully saturated rings. The maximum absolute atomic E-state index is 11.4. The molecule has 0 bridgehead atoms. The second-order valence-electron chi connectivity index (χ2n) is 6.46. The number of piperidine rings is 1. The molecule has 2 aromatic rings. The summed E-state index contributed by atoms with van der Waals surface area (Å²) in [6, 6.07) is 19.5. The van der Waals surface area contributed by atoms with Gasteiger partial charge < -0.3 is 10.0 Å². The first-order chi connectivity index (χ1) is 11.2. The van der Waals surface area contributed by atoms with Crippen molar-refractivity contribution in [3.63, 3.8) is 0 Å². The van der Waals surface area contributed by atoms with E-state index in [2.05, 4.69) is 18.9 Å². The zero-order chi connectivity index (χ0) is 16.1. The number of likely N-dealkylation sites (tertiary alicyclic amines) is 1. The Morgan fingerprint density at radius 1 is 1.00 bits per heavy atom. The van der Waals surface area contributed by atoms with Gasteiger partial charge in [0.25, 0.3) is 0 Å². The molecule has 1 aliphatic heterocycles. The van der Waals surface area contributed by atoms with Crippen molar-refractivity contribution in [2.75, 3.05) is 20.1 Å². The Hall–Kier alpha value is -2.08. The Morgan fingerprint density at radius 2 is 1.57 bits per heavy atom. The normalized spacial score (nSPS) is 21.3. The SMILES string of the molecule is C[NH+]1CCC[C@H](C#CC(O)(c2ccccc2)c2ccccc2)C1. The lowest BCUT2D eigenvalue weighted by Gasteiger charge is -2.26. The van der Waals surface area contributed by atoms with Crippen LogP contribution < -0.4 is 4.90 Å². The average Bonchev–Trinajstić information content (AvgIpc) is 2.61. The molecule has 1 unspecified atom stereocenters. The monoisotopic (exact) mass is 306 g/mol. The van der Waals surface area contributed by atoms with Crippen LogP contribution in [0, 0.1) is 17.8 Å². The number of benzene rings is 2. The number of hydrogen-bond acceptors (Lipinski definition) is 1. The van der Waals surface area contributed by atoms with Gasteiger partial charge in [0, 0.05) is 11.1 Å². The molecular weight excluding hydrogens is 282 g/mol. The minimum absolute atomic E-state index is 0.364. The molecule has 1 saturated heterocycles. The quantitative estimate of drug-likeness (QED) is 0.813. The Bertz CT molecular complexity index is 645. The van der Waals surface area contributed by atoms with Gasteiger partial charge in [0.2, 0.25) is 0 Å². The first kappa shape index (κ1) is 15.8. The van der Waals surface area contributed by atoms with Crippen molar-refractivity contribution in [2.45, 2.75) is 18.4 Å². The van der Waals surface area contributed by atoms with Crippen LogP contribution in [-0.4, -0.2) is 25.2 Å². The number of aliphatic hydroxyl groups is 1. The van der Waals surface area contributed by atoms with Gasteiger partial charge in [0.15, 0.2) is 5.60 Å². The molecule has 2 aromatic carbocycles. The molecule has 0 aliphatic carbocycles. The lowest BCUT2D eigenvalue weighted by atomic mass is 9.86. The van der Waals surface area contributed by atoms with Crippen molar-refractivity contribution in [3.05, 3.63) is 71.8 Å². The number of rotatable bonds is 2. The van der Waals surface area contributed by atoms with Crippen molar-refractivity contribution in [1.29, 1.82) is 0 Å². The Kier molecular flexibility index (Phi) is 4.81. The van der Waals surface area contributed by atoms with Gasteiger partial charge in [-0.25, -0.2) is 0 Å². The molecule has 3 rings (SSSR count). The first-order valence-electron chi connectivity index (χ1n) is 8.36. The van der Waals surface area contributed by atoms with Gasteiger partial charge in [-0.15, -0.1) is 0 Å². The van der Waals surface area contributed by atoms with E-state index in [9.17, 15) is 5.11 Å². The fourth-order valence-corrected chi connectivity index (χ4v) is 3.27. The van der Waals surface area contributed by atoms with Crippen molar-refractivity contribution < 1.29 is 10.0 Å². The predicted octanol–water partition coefficient (Wildman–Crippen LogP) is 1.85. The lowest BCUT2D eigenvalue weighted by Crippen LogP contribution is -3.10. The molecule has 0 amide bonds. The van der Waals surface area contributed by atoms with Gasteiger partial charge >= 0.3 is 0 Å². The maximum atomic E-state index is 11.4. The molecule has 2 heteroatoms. The van der Waals surface area contributed by atoms with Crippen LogP contribution in [0.5, 0.6) is 0 Å². The van der Waals surface area contributed by atoms with E-state index in [4.69, 9.17) is 0 Å². The van der Waals surface area contributed by atoms with Gasteiger partial charge in [0.1, 0.15) is 0 Å². The van der Waals surface area contributed by atoms with Crippen LogP contribution in [0.25, 0.3) is 0 Å². The van der Waals surface area contributed by atoms with E-state index in [1.54, 1.807) is 0 Å². The summed E-state index contributed by atoms with van der Waals surface area (Å²) in [7, 11) is 2.22. The molecule has 0 spiro atoms. The van der Waals surface area contributed by atoms with Gasteiger partial charge in [-0.1, -0.05) is 72.5 Å². The van der Waals surface area contributed by atoms with Gasteiger partial charge in [0.05, 0.1) is 26.1 Å². The number of quaternary nitrogens is 1. The van der Waals surface area contributed by atoms with Crippen LogP contribution in [0.1, 0.15) is 24.0 Å². The second kappa shape index (κ2) is 7.00. The van der Waals surface area contributed by atoms with E-state index in [1.807, 2.05) is 60.7 Å². The highest BCUT2D eigenvalue weighted by molar-refractivity contribution is 5.44. The summed E-state index contributed by atoms with van der Waals surface area (Å²) >= 11 is 0. The summed E-state index contributed by atoms with van der Waals surface area (Å²) in [4.78, 5) is 1.53. The summed E-state index contributed by atoms with van der Waals surface area (Å²) in [5, 5.41) is 11.4. The molecular formula is C21H24NO+. The van der Waals surface area contributed by atoms with Crippen molar-refractivity contribution in [2.24, 2.45) is 5.92 Å². The number of hydrogen-bond donors (Lipinski definition) is 2. The summed E-state index contributed by atoms with van der Waals surface area (Å²) < 4.78 is 0. The van der Waals surface area contributed by atoms with E-state index in [0.29, 0.717) is 5.92 Å². The molecule has 118 valence electrons. The van der Waals surface area contributed by atoms with E-state index < -0.39 is 5.60 Å². The third-order valence-corrected chi connectivity index (χ3v) is 4.59. The zero-order valence-electron chi connectivity index (χ0n) is 13.6. The van der Waals surface area contributed by atoms with Crippen LogP contribution in [-0.2, 0) is 5.60 Å². The minimum atomic E-state index is -1.24. The highest BCUT2D eigenvalue weighted by Crippen LogP contribution is 2.29. The van der Waals surface area contributed by atoms with Gasteiger partial charge in [-0.3, -0.25) is 0 Å². The fraction of sp³-hybridized carbons (Fsp3) is 0.333. The van der Waals surface area contributed by atoms with E-state index in [1.165, 1.54) is 17.9 Å². The highest BCUT2D eigenvalue weighted by atomic mass is 16.3. The molecule has 23 heavy (non-hydrogen) atoms. The molecule has 1 aliphatic rings. The Balaban J connectivity index is 1.97. The van der Waals surface area contributed by atoms with E-state index >= 15 is 0 Å². The molecule has 0 saturated carbocycles. The van der Waals surface area contributed by atoms with Gasteiger partial charge in [-0.05, 0) is 12.8 Å². The lowest BCUT2D eigenvalue weighted by molar-refractivity contribution is -0.887. The average molecular weight is 306 g/mol. The van der Waals surface area contributed by atoms with Crippen molar-refractivity contribution in [3.8, 4) is 11.8 Å². The number of nitrogens with one attached hydrogen (secondary N) is 1. The molecule has 0 radical (unpaired) electrons. The van der Waals surface area contributed by atoms with E-state index in [0.717, 1.165) is 24.1 Å². The van der Waals surface area contributed by atoms with Gasteiger partial charge in [-0.2, -0.15) is 0 Å². The zero-order valence-corrected chi connectivity index (χ0v) is 13.6. The molecule has 2 nitrogen and oxygen atoms in total.